The SMILES string of the molecule is Cl.NC(=O)C(O)C1CCCNC1. The fraction of sp³-hybridized carbons (Fsp3) is 0.857. The predicted molar refractivity (Wildman–Crippen MR) is 48.0 cm³/mol. The van der Waals surface area contributed by atoms with Gasteiger partial charge in [0, 0.05) is 12.5 Å². The lowest BCUT2D eigenvalue weighted by molar-refractivity contribution is -0.129. The molecule has 0 saturated carbocycles. The number of primary amides is 1. The van der Waals surface area contributed by atoms with Crippen LogP contribution in [0.15, 0.2) is 0 Å². The first kappa shape index (κ1) is 11.7. The topological polar surface area (TPSA) is 75.4 Å². The summed E-state index contributed by atoms with van der Waals surface area (Å²) in [4.78, 5) is 10.5. The van der Waals surface area contributed by atoms with E-state index in [1.54, 1.807) is 0 Å². The molecule has 1 heterocycles. The Morgan fingerprint density at radius 2 is 2.33 bits per heavy atom. The highest BCUT2D eigenvalue weighted by Gasteiger charge is 2.25. The molecule has 12 heavy (non-hydrogen) atoms. The first-order valence-corrected chi connectivity index (χ1v) is 3.90. The van der Waals surface area contributed by atoms with Gasteiger partial charge in [-0.05, 0) is 19.4 Å². The largest absolute Gasteiger partial charge is 0.383 e. The van der Waals surface area contributed by atoms with Gasteiger partial charge >= 0.3 is 0 Å². The minimum absolute atomic E-state index is 0. The number of hydrogen-bond donors (Lipinski definition) is 3. The van der Waals surface area contributed by atoms with E-state index in [1.165, 1.54) is 0 Å². The van der Waals surface area contributed by atoms with Crippen molar-refractivity contribution < 1.29 is 9.90 Å². The van der Waals surface area contributed by atoms with E-state index in [0.29, 0.717) is 6.54 Å². The minimum Gasteiger partial charge on any atom is -0.383 e. The van der Waals surface area contributed by atoms with Crippen LogP contribution in [0.5, 0.6) is 0 Å². The Morgan fingerprint density at radius 3 is 2.75 bits per heavy atom. The second-order valence-corrected chi connectivity index (χ2v) is 2.95. The molecule has 2 atom stereocenters. The van der Waals surface area contributed by atoms with Gasteiger partial charge in [0.25, 0.3) is 0 Å². The maximum absolute atomic E-state index is 10.5. The molecule has 0 spiro atoms. The third kappa shape index (κ3) is 2.97. The van der Waals surface area contributed by atoms with Gasteiger partial charge in [-0.15, -0.1) is 12.4 Å². The number of hydrogen-bond acceptors (Lipinski definition) is 3. The van der Waals surface area contributed by atoms with Gasteiger partial charge in [0.2, 0.25) is 5.91 Å². The van der Waals surface area contributed by atoms with Gasteiger partial charge < -0.3 is 16.2 Å². The van der Waals surface area contributed by atoms with Crippen LogP contribution in [0.1, 0.15) is 12.8 Å². The van der Waals surface area contributed by atoms with Crippen molar-refractivity contribution in [3.05, 3.63) is 0 Å². The van der Waals surface area contributed by atoms with E-state index in [2.05, 4.69) is 5.32 Å². The van der Waals surface area contributed by atoms with Gasteiger partial charge in [0.15, 0.2) is 0 Å². The summed E-state index contributed by atoms with van der Waals surface area (Å²) in [5.41, 5.74) is 4.95. The van der Waals surface area contributed by atoms with Crippen molar-refractivity contribution in [3.63, 3.8) is 0 Å². The molecule has 1 aliphatic rings. The third-order valence-corrected chi connectivity index (χ3v) is 2.07. The van der Waals surface area contributed by atoms with E-state index in [0.717, 1.165) is 19.4 Å². The van der Waals surface area contributed by atoms with Crippen molar-refractivity contribution in [3.8, 4) is 0 Å². The third-order valence-electron chi connectivity index (χ3n) is 2.07. The Balaban J connectivity index is 0.00000121. The molecule has 0 aromatic heterocycles. The molecule has 4 nitrogen and oxygen atoms in total. The zero-order chi connectivity index (χ0) is 8.27. The van der Waals surface area contributed by atoms with Crippen LogP contribution in [0, 0.1) is 5.92 Å². The summed E-state index contributed by atoms with van der Waals surface area (Å²) in [7, 11) is 0. The van der Waals surface area contributed by atoms with Crippen LogP contribution in [0.2, 0.25) is 0 Å². The van der Waals surface area contributed by atoms with E-state index >= 15 is 0 Å². The molecule has 4 N–H and O–H groups in total. The number of nitrogens with two attached hydrogens (primary N) is 1. The second-order valence-electron chi connectivity index (χ2n) is 2.95. The summed E-state index contributed by atoms with van der Waals surface area (Å²) >= 11 is 0. The molecule has 2 unspecified atom stereocenters. The lowest BCUT2D eigenvalue weighted by atomic mass is 9.93. The van der Waals surface area contributed by atoms with Crippen molar-refractivity contribution in [2.45, 2.75) is 18.9 Å². The highest BCUT2D eigenvalue weighted by atomic mass is 35.5. The van der Waals surface area contributed by atoms with Gasteiger partial charge in [-0.25, -0.2) is 0 Å². The molecule has 1 aliphatic heterocycles. The van der Waals surface area contributed by atoms with Crippen LogP contribution in [0.4, 0.5) is 0 Å². The zero-order valence-corrected chi connectivity index (χ0v) is 7.64. The first-order chi connectivity index (χ1) is 5.22. The van der Waals surface area contributed by atoms with Gasteiger partial charge in [0.05, 0.1) is 0 Å². The monoisotopic (exact) mass is 194 g/mol. The molecule has 0 bridgehead atoms. The predicted octanol–water partition coefficient (Wildman–Crippen LogP) is -0.746. The summed E-state index contributed by atoms with van der Waals surface area (Å²) in [6, 6.07) is 0. The molecule has 1 fully saturated rings. The van der Waals surface area contributed by atoms with Crippen LogP contribution in [-0.2, 0) is 4.79 Å². The van der Waals surface area contributed by atoms with Crippen LogP contribution in [0.25, 0.3) is 0 Å². The number of carbonyl (C=O) groups excluding carboxylic acids is 1. The Bertz CT molecular complexity index is 148. The fourth-order valence-electron chi connectivity index (χ4n) is 1.38. The van der Waals surface area contributed by atoms with Crippen LogP contribution < -0.4 is 11.1 Å². The first-order valence-electron chi connectivity index (χ1n) is 3.90. The minimum atomic E-state index is -0.970. The Hall–Kier alpha value is -0.320. The number of aliphatic hydroxyl groups excluding tert-OH is 1. The average Bonchev–Trinajstić information content (AvgIpc) is 2.05. The molecule has 0 aromatic rings. The van der Waals surface area contributed by atoms with Crippen LogP contribution in [0.3, 0.4) is 0 Å². The van der Waals surface area contributed by atoms with E-state index in [9.17, 15) is 9.90 Å². The smallest absolute Gasteiger partial charge is 0.246 e. The number of rotatable bonds is 2. The summed E-state index contributed by atoms with van der Waals surface area (Å²) in [5.74, 6) is -0.597. The molecule has 0 radical (unpaired) electrons. The summed E-state index contributed by atoms with van der Waals surface area (Å²) in [6.45, 7) is 1.67. The molecule has 0 aliphatic carbocycles. The van der Waals surface area contributed by atoms with E-state index in [-0.39, 0.29) is 18.3 Å². The van der Waals surface area contributed by atoms with E-state index < -0.39 is 12.0 Å². The number of aliphatic hydroxyl groups is 1. The zero-order valence-electron chi connectivity index (χ0n) is 6.82. The standard InChI is InChI=1S/C7H14N2O2.ClH/c8-7(11)6(10)5-2-1-3-9-4-5;/h5-6,9-10H,1-4H2,(H2,8,11);1H. The number of amides is 1. The second kappa shape index (κ2) is 5.35. The summed E-state index contributed by atoms with van der Waals surface area (Å²) < 4.78 is 0. The van der Waals surface area contributed by atoms with E-state index in [4.69, 9.17) is 5.73 Å². The Morgan fingerprint density at radius 1 is 1.67 bits per heavy atom. The van der Waals surface area contributed by atoms with Gasteiger partial charge in [0.1, 0.15) is 6.10 Å². The molecule has 5 heteroatoms. The molecular weight excluding hydrogens is 180 g/mol. The maximum Gasteiger partial charge on any atom is 0.246 e. The van der Waals surface area contributed by atoms with E-state index in [1.807, 2.05) is 0 Å². The normalized spacial score (nSPS) is 25.6. The molecule has 72 valence electrons. The molecule has 1 amide bonds. The lowest BCUT2D eigenvalue weighted by Crippen LogP contribution is -2.43. The highest BCUT2D eigenvalue weighted by Crippen LogP contribution is 2.13. The van der Waals surface area contributed by atoms with Crippen LogP contribution in [-0.4, -0.2) is 30.2 Å². The number of piperidine rings is 1. The molecule has 1 rings (SSSR count). The summed E-state index contributed by atoms with van der Waals surface area (Å²) in [5, 5.41) is 12.3. The number of halogens is 1. The van der Waals surface area contributed by atoms with Crippen molar-refractivity contribution in [2.24, 2.45) is 11.7 Å². The number of carbonyl (C=O) groups is 1. The lowest BCUT2D eigenvalue weighted by Gasteiger charge is -2.25. The Labute approximate surface area is 77.9 Å². The fourth-order valence-corrected chi connectivity index (χ4v) is 1.38. The average molecular weight is 195 g/mol. The molecule has 0 aromatic carbocycles. The van der Waals surface area contributed by atoms with Crippen molar-refractivity contribution >= 4 is 18.3 Å². The highest BCUT2D eigenvalue weighted by molar-refractivity contribution is 5.85. The number of nitrogens with one attached hydrogen (secondary N) is 1. The van der Waals surface area contributed by atoms with Crippen molar-refractivity contribution in [1.82, 2.24) is 5.32 Å². The van der Waals surface area contributed by atoms with Crippen molar-refractivity contribution in [2.75, 3.05) is 13.1 Å². The van der Waals surface area contributed by atoms with Crippen molar-refractivity contribution in [1.29, 1.82) is 0 Å². The van der Waals surface area contributed by atoms with Gasteiger partial charge in [-0.1, -0.05) is 0 Å². The quantitative estimate of drug-likeness (QED) is 0.542. The Kier molecular flexibility index (Phi) is 5.20. The summed E-state index contributed by atoms with van der Waals surface area (Å²) in [6.07, 6.45) is 0.925. The molecule has 1 saturated heterocycles. The molecular formula is C7H15ClN2O2. The van der Waals surface area contributed by atoms with Gasteiger partial charge in [-0.3, -0.25) is 4.79 Å². The van der Waals surface area contributed by atoms with Gasteiger partial charge in [-0.2, -0.15) is 0 Å². The van der Waals surface area contributed by atoms with Crippen LogP contribution >= 0.6 is 12.4 Å². The maximum atomic E-state index is 10.5.